The third kappa shape index (κ3) is 6.65. The van der Waals surface area contributed by atoms with Crippen molar-refractivity contribution in [3.63, 3.8) is 0 Å². The summed E-state index contributed by atoms with van der Waals surface area (Å²) >= 11 is 0. The van der Waals surface area contributed by atoms with Crippen LogP contribution in [0.2, 0.25) is 0 Å². The van der Waals surface area contributed by atoms with E-state index in [2.05, 4.69) is 71.9 Å². The SMILES string of the molecule is CCNC(=NCCc1ccc2ccccc2c1)NC(C)COC.I. The number of fused-ring (bicyclic) bond motifs is 1. The molecule has 2 N–H and O–H groups in total. The number of nitrogens with one attached hydrogen (secondary N) is 2. The van der Waals surface area contributed by atoms with Crippen LogP contribution in [0.1, 0.15) is 19.4 Å². The third-order valence-electron chi connectivity index (χ3n) is 3.63. The summed E-state index contributed by atoms with van der Waals surface area (Å²) in [5.74, 6) is 0.845. The second kappa shape index (κ2) is 11.3. The first-order chi connectivity index (χ1) is 11.2. The monoisotopic (exact) mass is 441 g/mol. The Bertz CT molecular complexity index is 645. The van der Waals surface area contributed by atoms with Gasteiger partial charge >= 0.3 is 0 Å². The molecule has 0 spiro atoms. The number of methoxy groups -OCH3 is 1. The Morgan fingerprint density at radius 3 is 2.62 bits per heavy atom. The van der Waals surface area contributed by atoms with Crippen molar-refractivity contribution in [3.05, 3.63) is 48.0 Å². The first kappa shape index (κ1) is 20.7. The molecule has 0 aliphatic carbocycles. The molecule has 0 heterocycles. The van der Waals surface area contributed by atoms with E-state index in [1.165, 1.54) is 16.3 Å². The van der Waals surface area contributed by atoms with Crippen LogP contribution in [0.3, 0.4) is 0 Å². The standard InChI is InChI=1S/C19H27N3O.HI/c1-4-20-19(22-15(2)14-23-3)21-12-11-16-9-10-17-7-5-6-8-18(17)13-16;/h5-10,13,15H,4,11-12,14H2,1-3H3,(H2,20,21,22);1H. The molecule has 132 valence electrons. The fourth-order valence-corrected chi connectivity index (χ4v) is 2.54. The van der Waals surface area contributed by atoms with Crippen LogP contribution in [-0.2, 0) is 11.2 Å². The van der Waals surface area contributed by atoms with E-state index in [0.29, 0.717) is 6.61 Å². The van der Waals surface area contributed by atoms with Gasteiger partial charge in [0, 0.05) is 26.2 Å². The third-order valence-corrected chi connectivity index (χ3v) is 3.63. The summed E-state index contributed by atoms with van der Waals surface area (Å²) in [4.78, 5) is 4.65. The van der Waals surface area contributed by atoms with Gasteiger partial charge in [-0.05, 0) is 36.6 Å². The fourth-order valence-electron chi connectivity index (χ4n) is 2.54. The number of ether oxygens (including phenoxy) is 1. The summed E-state index contributed by atoms with van der Waals surface area (Å²) in [6.07, 6.45) is 0.931. The minimum Gasteiger partial charge on any atom is -0.383 e. The lowest BCUT2D eigenvalue weighted by atomic mass is 10.1. The van der Waals surface area contributed by atoms with Crippen LogP contribution >= 0.6 is 24.0 Å². The summed E-state index contributed by atoms with van der Waals surface area (Å²) in [5, 5.41) is 9.19. The van der Waals surface area contributed by atoms with E-state index >= 15 is 0 Å². The Morgan fingerprint density at radius 1 is 1.17 bits per heavy atom. The van der Waals surface area contributed by atoms with Gasteiger partial charge in [-0.3, -0.25) is 4.99 Å². The average molecular weight is 441 g/mol. The highest BCUT2D eigenvalue weighted by Gasteiger charge is 2.04. The van der Waals surface area contributed by atoms with E-state index in [1.54, 1.807) is 7.11 Å². The van der Waals surface area contributed by atoms with Gasteiger partial charge in [0.05, 0.1) is 6.61 Å². The maximum absolute atomic E-state index is 5.15. The number of halogens is 1. The molecule has 0 fully saturated rings. The predicted molar refractivity (Wildman–Crippen MR) is 114 cm³/mol. The lowest BCUT2D eigenvalue weighted by molar-refractivity contribution is 0.179. The van der Waals surface area contributed by atoms with Crippen LogP contribution in [0.4, 0.5) is 0 Å². The number of hydrogen-bond donors (Lipinski definition) is 2. The molecule has 0 aliphatic rings. The molecule has 5 heteroatoms. The number of guanidine groups is 1. The van der Waals surface area contributed by atoms with E-state index in [-0.39, 0.29) is 30.0 Å². The van der Waals surface area contributed by atoms with Crippen LogP contribution in [0.5, 0.6) is 0 Å². The Morgan fingerprint density at radius 2 is 1.92 bits per heavy atom. The lowest BCUT2D eigenvalue weighted by Gasteiger charge is -2.17. The number of nitrogens with zero attached hydrogens (tertiary/aromatic N) is 1. The normalized spacial score (nSPS) is 12.5. The Labute approximate surface area is 162 Å². The van der Waals surface area contributed by atoms with Crippen molar-refractivity contribution in [2.24, 2.45) is 4.99 Å². The number of rotatable bonds is 7. The zero-order valence-electron chi connectivity index (χ0n) is 14.7. The van der Waals surface area contributed by atoms with E-state index in [0.717, 1.165) is 25.5 Å². The molecule has 0 amide bonds. The minimum atomic E-state index is 0. The van der Waals surface area contributed by atoms with Gasteiger partial charge in [-0.2, -0.15) is 0 Å². The van der Waals surface area contributed by atoms with Crippen molar-refractivity contribution >= 4 is 40.7 Å². The molecule has 4 nitrogen and oxygen atoms in total. The second-order valence-corrected chi connectivity index (χ2v) is 5.69. The lowest BCUT2D eigenvalue weighted by Crippen LogP contribution is -2.44. The van der Waals surface area contributed by atoms with Gasteiger partial charge in [0.2, 0.25) is 0 Å². The molecule has 1 unspecified atom stereocenters. The highest BCUT2D eigenvalue weighted by atomic mass is 127. The molecule has 0 saturated carbocycles. The Hall–Kier alpha value is -1.34. The van der Waals surface area contributed by atoms with Crippen LogP contribution in [-0.4, -0.2) is 38.8 Å². The van der Waals surface area contributed by atoms with Crippen molar-refractivity contribution in [1.82, 2.24) is 10.6 Å². The second-order valence-electron chi connectivity index (χ2n) is 5.69. The average Bonchev–Trinajstić information content (AvgIpc) is 2.55. The van der Waals surface area contributed by atoms with Gasteiger partial charge in [0.1, 0.15) is 0 Å². The molecule has 0 aliphatic heterocycles. The maximum atomic E-state index is 5.15. The molecule has 24 heavy (non-hydrogen) atoms. The molecule has 1 atom stereocenters. The summed E-state index contributed by atoms with van der Waals surface area (Å²) in [7, 11) is 1.71. The van der Waals surface area contributed by atoms with Gasteiger partial charge in [0.25, 0.3) is 0 Å². The zero-order valence-corrected chi connectivity index (χ0v) is 17.0. The first-order valence-corrected chi connectivity index (χ1v) is 8.24. The molecule has 0 saturated heterocycles. The fraction of sp³-hybridized carbons (Fsp3) is 0.421. The molecular weight excluding hydrogens is 413 g/mol. The van der Waals surface area contributed by atoms with E-state index in [4.69, 9.17) is 4.74 Å². The molecular formula is C19H28IN3O. The van der Waals surface area contributed by atoms with Crippen molar-refractivity contribution < 1.29 is 4.74 Å². The van der Waals surface area contributed by atoms with Gasteiger partial charge in [-0.25, -0.2) is 0 Å². The molecule has 2 aromatic carbocycles. The predicted octanol–water partition coefficient (Wildman–Crippen LogP) is 3.59. The van der Waals surface area contributed by atoms with Gasteiger partial charge in [0.15, 0.2) is 5.96 Å². The van der Waals surface area contributed by atoms with Crippen molar-refractivity contribution in [3.8, 4) is 0 Å². The summed E-state index contributed by atoms with van der Waals surface area (Å²) < 4.78 is 5.15. The summed E-state index contributed by atoms with van der Waals surface area (Å²) in [5.41, 5.74) is 1.31. The molecule has 2 aromatic rings. The van der Waals surface area contributed by atoms with E-state index in [1.807, 2.05) is 0 Å². The smallest absolute Gasteiger partial charge is 0.191 e. The highest BCUT2D eigenvalue weighted by Crippen LogP contribution is 2.15. The van der Waals surface area contributed by atoms with E-state index in [9.17, 15) is 0 Å². The minimum absolute atomic E-state index is 0. The molecule has 0 radical (unpaired) electrons. The Kier molecular flexibility index (Phi) is 9.71. The largest absolute Gasteiger partial charge is 0.383 e. The van der Waals surface area contributed by atoms with Crippen LogP contribution in [0.25, 0.3) is 10.8 Å². The molecule has 0 aromatic heterocycles. The van der Waals surface area contributed by atoms with E-state index < -0.39 is 0 Å². The topological polar surface area (TPSA) is 45.7 Å². The summed E-state index contributed by atoms with van der Waals surface area (Å²) in [6.45, 7) is 6.42. The molecule has 0 bridgehead atoms. The van der Waals surface area contributed by atoms with Crippen LogP contribution in [0, 0.1) is 0 Å². The van der Waals surface area contributed by atoms with Crippen LogP contribution < -0.4 is 10.6 Å². The number of benzene rings is 2. The van der Waals surface area contributed by atoms with Crippen molar-refractivity contribution in [2.75, 3.05) is 26.8 Å². The zero-order chi connectivity index (χ0) is 16.5. The quantitative estimate of drug-likeness (QED) is 0.392. The van der Waals surface area contributed by atoms with Crippen molar-refractivity contribution in [1.29, 1.82) is 0 Å². The van der Waals surface area contributed by atoms with Gasteiger partial charge < -0.3 is 15.4 Å². The summed E-state index contributed by atoms with van der Waals surface area (Å²) in [6, 6.07) is 15.3. The van der Waals surface area contributed by atoms with Crippen LogP contribution in [0.15, 0.2) is 47.5 Å². The number of hydrogen-bond acceptors (Lipinski definition) is 2. The first-order valence-electron chi connectivity index (χ1n) is 8.24. The molecule has 2 rings (SSSR count). The highest BCUT2D eigenvalue weighted by molar-refractivity contribution is 14.0. The van der Waals surface area contributed by atoms with Gasteiger partial charge in [-0.15, -0.1) is 24.0 Å². The maximum Gasteiger partial charge on any atom is 0.191 e. The Balaban J connectivity index is 0.00000288. The number of aliphatic imine (C=N–C) groups is 1. The van der Waals surface area contributed by atoms with Crippen molar-refractivity contribution in [2.45, 2.75) is 26.3 Å². The van der Waals surface area contributed by atoms with Gasteiger partial charge in [-0.1, -0.05) is 42.5 Å².